The lowest BCUT2D eigenvalue weighted by Crippen LogP contribution is -2.65. The number of hydrogen-bond acceptors (Lipinski definition) is 10. The van der Waals surface area contributed by atoms with Crippen LogP contribution in [0.3, 0.4) is 0 Å². The molecule has 2 heterocycles. The van der Waals surface area contributed by atoms with Crippen LogP contribution in [0, 0.1) is 0 Å². The van der Waals surface area contributed by atoms with Crippen molar-refractivity contribution in [3.63, 3.8) is 0 Å². The molecule has 188 valence electrons. The van der Waals surface area contributed by atoms with Crippen molar-refractivity contribution in [2.45, 2.75) is 31.3 Å². The Labute approximate surface area is 212 Å². The zero-order valence-corrected chi connectivity index (χ0v) is 21.1. The van der Waals surface area contributed by atoms with Gasteiger partial charge in [0.1, 0.15) is 5.41 Å². The van der Waals surface area contributed by atoms with Gasteiger partial charge in [0.2, 0.25) is 0 Å². The zero-order chi connectivity index (χ0) is 26.0. The van der Waals surface area contributed by atoms with Crippen LogP contribution in [0.5, 0.6) is 11.5 Å². The maximum absolute atomic E-state index is 13.6. The maximum Gasteiger partial charge on any atom is 0.337 e. The van der Waals surface area contributed by atoms with Gasteiger partial charge in [-0.2, -0.15) is 0 Å². The lowest BCUT2D eigenvalue weighted by molar-refractivity contribution is -0.149. The third-order valence-electron chi connectivity index (χ3n) is 6.49. The van der Waals surface area contributed by atoms with Gasteiger partial charge in [0.25, 0.3) is 0 Å². The predicted molar refractivity (Wildman–Crippen MR) is 136 cm³/mol. The Morgan fingerprint density at radius 2 is 1.81 bits per heavy atom. The molecule has 0 aliphatic carbocycles. The van der Waals surface area contributed by atoms with E-state index in [1.165, 1.54) is 37.7 Å². The van der Waals surface area contributed by atoms with E-state index in [1.807, 2.05) is 37.3 Å². The molecule has 2 aromatic carbocycles. The number of carbonyl (C=O) groups is 2. The highest BCUT2D eigenvalue weighted by molar-refractivity contribution is 7.14. The summed E-state index contributed by atoms with van der Waals surface area (Å²) < 4.78 is 10.4. The second-order valence-corrected chi connectivity index (χ2v) is 9.30. The predicted octanol–water partition coefficient (Wildman–Crippen LogP) is 3.55. The molecule has 4 rings (SSSR count). The highest BCUT2D eigenvalue weighted by Crippen LogP contribution is 2.43. The first-order valence-electron chi connectivity index (χ1n) is 11.2. The van der Waals surface area contributed by atoms with E-state index in [4.69, 9.17) is 9.47 Å². The van der Waals surface area contributed by atoms with E-state index in [0.29, 0.717) is 27.6 Å². The summed E-state index contributed by atoms with van der Waals surface area (Å²) in [5, 5.41) is 28.3. The van der Waals surface area contributed by atoms with Gasteiger partial charge in [0, 0.05) is 22.7 Å². The first-order valence-corrected chi connectivity index (χ1v) is 12.1. The van der Waals surface area contributed by atoms with Crippen molar-refractivity contribution < 1.29 is 29.3 Å². The van der Waals surface area contributed by atoms with Crippen LogP contribution >= 0.6 is 11.3 Å². The van der Waals surface area contributed by atoms with Crippen LogP contribution in [0.4, 0.5) is 5.13 Å². The minimum absolute atomic E-state index is 0.231. The standard InChI is InChI=1S/C26H27N3O6S/c1-14-21(23(32)34-3)22(26(15(2)27-14,24(33)35-4)17-8-6-5-7-9-17)29-25-28-18(13-36-25)16-10-11-19(30)20(31)12-16/h5-13,15,22,27,30-31H,1-4H3,(H,28,29). The summed E-state index contributed by atoms with van der Waals surface area (Å²) in [7, 11) is 2.61. The van der Waals surface area contributed by atoms with E-state index in [0.717, 1.165) is 0 Å². The molecule has 0 radical (unpaired) electrons. The molecule has 3 aromatic rings. The number of benzene rings is 2. The van der Waals surface area contributed by atoms with Gasteiger partial charge in [0.05, 0.1) is 31.5 Å². The SMILES string of the molecule is COC(=O)C1=C(C)NC(C)C(C(=O)OC)(c2ccccc2)C1Nc1nc(-c2ccc(O)c(O)c2)cs1. The molecule has 0 fully saturated rings. The summed E-state index contributed by atoms with van der Waals surface area (Å²) in [5.41, 5.74) is 1.27. The van der Waals surface area contributed by atoms with Gasteiger partial charge in [-0.25, -0.2) is 9.78 Å². The average molecular weight is 510 g/mol. The van der Waals surface area contributed by atoms with Crippen molar-refractivity contribution in [3.8, 4) is 22.8 Å². The van der Waals surface area contributed by atoms with Gasteiger partial charge in [-0.3, -0.25) is 4.79 Å². The van der Waals surface area contributed by atoms with E-state index in [2.05, 4.69) is 15.6 Å². The maximum atomic E-state index is 13.6. The molecular formula is C26H27N3O6S. The number of anilines is 1. The molecule has 36 heavy (non-hydrogen) atoms. The van der Waals surface area contributed by atoms with Crippen molar-refractivity contribution in [1.82, 2.24) is 10.3 Å². The zero-order valence-electron chi connectivity index (χ0n) is 20.2. The molecule has 1 aliphatic heterocycles. The fraction of sp³-hybridized carbons (Fsp3) is 0.269. The van der Waals surface area contributed by atoms with Crippen LogP contribution in [0.15, 0.2) is 65.2 Å². The summed E-state index contributed by atoms with van der Waals surface area (Å²) in [4.78, 5) is 31.3. The van der Waals surface area contributed by atoms with Crippen LogP contribution in [0.1, 0.15) is 19.4 Å². The summed E-state index contributed by atoms with van der Waals surface area (Å²) in [6.45, 7) is 3.62. The molecule has 0 saturated carbocycles. The summed E-state index contributed by atoms with van der Waals surface area (Å²) in [6.07, 6.45) is 0. The third-order valence-corrected chi connectivity index (χ3v) is 7.26. The van der Waals surface area contributed by atoms with Crippen LogP contribution < -0.4 is 10.6 Å². The van der Waals surface area contributed by atoms with E-state index in [9.17, 15) is 19.8 Å². The summed E-state index contributed by atoms with van der Waals surface area (Å²) >= 11 is 1.27. The lowest BCUT2D eigenvalue weighted by Gasteiger charge is -2.47. The van der Waals surface area contributed by atoms with Crippen LogP contribution in [-0.4, -0.2) is 53.4 Å². The normalized spacial score (nSPS) is 21.4. The van der Waals surface area contributed by atoms with Crippen LogP contribution in [0.25, 0.3) is 11.3 Å². The Kier molecular flexibility index (Phi) is 6.89. The van der Waals surface area contributed by atoms with Crippen LogP contribution in [-0.2, 0) is 24.5 Å². The number of carbonyl (C=O) groups excluding carboxylic acids is 2. The minimum Gasteiger partial charge on any atom is -0.504 e. The van der Waals surface area contributed by atoms with E-state index < -0.39 is 29.4 Å². The molecule has 1 aromatic heterocycles. The number of aromatic hydroxyl groups is 2. The Morgan fingerprint density at radius 1 is 1.08 bits per heavy atom. The van der Waals surface area contributed by atoms with Gasteiger partial charge >= 0.3 is 11.9 Å². The number of nitrogens with one attached hydrogen (secondary N) is 2. The number of rotatable bonds is 6. The summed E-state index contributed by atoms with van der Waals surface area (Å²) in [5.74, 6) is -1.61. The first-order chi connectivity index (χ1) is 17.2. The highest BCUT2D eigenvalue weighted by atomic mass is 32.1. The van der Waals surface area contributed by atoms with Gasteiger partial charge < -0.3 is 30.3 Å². The Hall–Kier alpha value is -4.05. The van der Waals surface area contributed by atoms with Crippen molar-refractivity contribution in [3.05, 3.63) is 70.7 Å². The molecule has 4 N–H and O–H groups in total. The number of methoxy groups -OCH3 is 2. The second kappa shape index (κ2) is 9.90. The Bertz CT molecular complexity index is 1320. The smallest absolute Gasteiger partial charge is 0.337 e. The molecular weight excluding hydrogens is 482 g/mol. The van der Waals surface area contributed by atoms with Crippen molar-refractivity contribution in [2.75, 3.05) is 19.5 Å². The number of esters is 2. The number of nitrogens with zero attached hydrogens (tertiary/aromatic N) is 1. The second-order valence-electron chi connectivity index (χ2n) is 8.44. The number of phenolic OH excluding ortho intramolecular Hbond substituents is 2. The quantitative estimate of drug-likeness (QED) is 0.291. The molecule has 3 unspecified atom stereocenters. The molecule has 0 saturated heterocycles. The monoisotopic (exact) mass is 509 g/mol. The van der Waals surface area contributed by atoms with E-state index >= 15 is 0 Å². The highest BCUT2D eigenvalue weighted by Gasteiger charge is 2.58. The van der Waals surface area contributed by atoms with Crippen molar-refractivity contribution in [1.29, 1.82) is 0 Å². The number of aromatic nitrogens is 1. The largest absolute Gasteiger partial charge is 0.504 e. The fourth-order valence-corrected chi connectivity index (χ4v) is 5.52. The van der Waals surface area contributed by atoms with Gasteiger partial charge in [-0.1, -0.05) is 30.3 Å². The molecule has 3 atom stereocenters. The van der Waals surface area contributed by atoms with Gasteiger partial charge in [0.15, 0.2) is 16.6 Å². The first kappa shape index (κ1) is 25.1. The number of ether oxygens (including phenoxy) is 2. The Morgan fingerprint density at radius 3 is 2.44 bits per heavy atom. The molecule has 0 bridgehead atoms. The molecule has 0 amide bonds. The Balaban J connectivity index is 1.87. The fourth-order valence-electron chi connectivity index (χ4n) is 4.77. The average Bonchev–Trinajstić information content (AvgIpc) is 3.34. The van der Waals surface area contributed by atoms with Gasteiger partial charge in [-0.15, -0.1) is 11.3 Å². The lowest BCUT2D eigenvalue weighted by atomic mass is 9.64. The van der Waals surface area contributed by atoms with Gasteiger partial charge in [-0.05, 0) is 37.6 Å². The number of phenols is 2. The van der Waals surface area contributed by atoms with Crippen LogP contribution in [0.2, 0.25) is 0 Å². The topological polar surface area (TPSA) is 130 Å². The molecule has 0 spiro atoms. The minimum atomic E-state index is -1.35. The molecule has 1 aliphatic rings. The van der Waals surface area contributed by atoms with Crippen molar-refractivity contribution >= 4 is 28.4 Å². The molecule has 9 nitrogen and oxygen atoms in total. The van der Waals surface area contributed by atoms with Crippen molar-refractivity contribution in [2.24, 2.45) is 0 Å². The number of hydrogen-bond donors (Lipinski definition) is 4. The summed E-state index contributed by atoms with van der Waals surface area (Å²) in [6, 6.07) is 12.2. The third kappa shape index (κ3) is 4.13. The number of allylic oxidation sites excluding steroid dienone is 1. The van der Waals surface area contributed by atoms with E-state index in [1.54, 1.807) is 18.4 Å². The number of thiazole rings is 1. The van der Waals surface area contributed by atoms with E-state index in [-0.39, 0.29) is 17.1 Å². The molecule has 10 heteroatoms.